The van der Waals surface area contributed by atoms with Crippen LogP contribution in [-0.2, 0) is 4.79 Å². The van der Waals surface area contributed by atoms with E-state index in [4.69, 9.17) is 11.6 Å². The molecule has 0 spiro atoms. The Kier molecular flexibility index (Phi) is 7.25. The van der Waals surface area contributed by atoms with Gasteiger partial charge in [-0.05, 0) is 49.2 Å². The molecule has 3 amide bonds. The van der Waals surface area contributed by atoms with E-state index in [-0.39, 0.29) is 23.6 Å². The number of carbonyl (C=O) groups excluding carboxylic acids is 3. The lowest BCUT2D eigenvalue weighted by Gasteiger charge is -2.32. The largest absolute Gasteiger partial charge is 0.352 e. The van der Waals surface area contributed by atoms with E-state index in [9.17, 15) is 14.4 Å². The van der Waals surface area contributed by atoms with Gasteiger partial charge in [0.25, 0.3) is 11.8 Å². The van der Waals surface area contributed by atoms with Gasteiger partial charge in [0.1, 0.15) is 0 Å². The van der Waals surface area contributed by atoms with Crippen LogP contribution in [-0.4, -0.2) is 42.3 Å². The molecule has 1 aliphatic rings. The summed E-state index contributed by atoms with van der Waals surface area (Å²) in [5, 5.41) is 5.95. The minimum atomic E-state index is -0.316. The smallest absolute Gasteiger partial charge is 0.257 e. The Balaban J connectivity index is 1.62. The zero-order chi connectivity index (χ0) is 21.5. The van der Waals surface area contributed by atoms with Gasteiger partial charge in [-0.15, -0.1) is 6.58 Å². The summed E-state index contributed by atoms with van der Waals surface area (Å²) in [5.74, 6) is -0.703. The molecule has 3 rings (SSSR count). The summed E-state index contributed by atoms with van der Waals surface area (Å²) < 4.78 is 0. The molecule has 0 saturated carbocycles. The van der Waals surface area contributed by atoms with Gasteiger partial charge in [0, 0.05) is 30.9 Å². The lowest BCUT2D eigenvalue weighted by Crippen LogP contribution is -2.45. The van der Waals surface area contributed by atoms with Gasteiger partial charge in [0.15, 0.2) is 0 Å². The van der Waals surface area contributed by atoms with Crippen molar-refractivity contribution in [1.82, 2.24) is 10.2 Å². The maximum absolute atomic E-state index is 12.9. The molecule has 2 aromatic carbocycles. The van der Waals surface area contributed by atoms with Gasteiger partial charge >= 0.3 is 0 Å². The molecule has 1 aliphatic heterocycles. The number of hydrogen-bond acceptors (Lipinski definition) is 3. The number of carbonyl (C=O) groups is 3. The van der Waals surface area contributed by atoms with E-state index in [1.54, 1.807) is 59.5 Å². The lowest BCUT2D eigenvalue weighted by atomic mass is 9.96. The third-order valence-corrected chi connectivity index (χ3v) is 5.34. The van der Waals surface area contributed by atoms with E-state index in [1.165, 1.54) is 0 Å². The molecule has 6 nitrogen and oxygen atoms in total. The predicted molar refractivity (Wildman–Crippen MR) is 118 cm³/mol. The topological polar surface area (TPSA) is 78.5 Å². The zero-order valence-electron chi connectivity index (χ0n) is 16.6. The zero-order valence-corrected chi connectivity index (χ0v) is 17.3. The first-order chi connectivity index (χ1) is 14.5. The molecule has 0 aliphatic carbocycles. The van der Waals surface area contributed by atoms with Crippen molar-refractivity contribution in [2.75, 3.05) is 25.0 Å². The van der Waals surface area contributed by atoms with Crippen LogP contribution >= 0.6 is 11.6 Å². The van der Waals surface area contributed by atoms with Gasteiger partial charge in [0.2, 0.25) is 5.91 Å². The monoisotopic (exact) mass is 425 g/mol. The van der Waals surface area contributed by atoms with Gasteiger partial charge in [0.05, 0.1) is 16.5 Å². The number of benzene rings is 2. The van der Waals surface area contributed by atoms with Crippen molar-refractivity contribution in [2.45, 2.75) is 12.8 Å². The van der Waals surface area contributed by atoms with E-state index < -0.39 is 0 Å². The van der Waals surface area contributed by atoms with Crippen LogP contribution < -0.4 is 10.6 Å². The number of piperidine rings is 1. The summed E-state index contributed by atoms with van der Waals surface area (Å²) in [6.07, 6.45) is 3.18. The lowest BCUT2D eigenvalue weighted by molar-refractivity contribution is -0.126. The molecule has 1 heterocycles. The Morgan fingerprint density at radius 2 is 1.87 bits per heavy atom. The number of rotatable bonds is 6. The third-order valence-electron chi connectivity index (χ3n) is 5.01. The van der Waals surface area contributed by atoms with Gasteiger partial charge in [-0.25, -0.2) is 0 Å². The summed E-state index contributed by atoms with van der Waals surface area (Å²) in [6, 6.07) is 13.5. The molecule has 1 saturated heterocycles. The fraction of sp³-hybridized carbons (Fsp3) is 0.261. The Bertz CT molecular complexity index is 943. The summed E-state index contributed by atoms with van der Waals surface area (Å²) >= 11 is 6.06. The number of hydrogen-bond donors (Lipinski definition) is 2. The second-order valence-electron chi connectivity index (χ2n) is 7.14. The molecule has 1 unspecified atom stereocenters. The summed E-state index contributed by atoms with van der Waals surface area (Å²) in [4.78, 5) is 39.1. The number of nitrogens with zero attached hydrogens (tertiary/aromatic N) is 1. The molecule has 0 radical (unpaired) electrons. The first-order valence-corrected chi connectivity index (χ1v) is 10.2. The molecule has 1 atom stereocenters. The van der Waals surface area contributed by atoms with Crippen LogP contribution in [0.4, 0.5) is 5.69 Å². The van der Waals surface area contributed by atoms with Crippen molar-refractivity contribution in [3.05, 3.63) is 77.3 Å². The van der Waals surface area contributed by atoms with Gasteiger partial charge in [-0.1, -0.05) is 29.8 Å². The van der Waals surface area contributed by atoms with Crippen LogP contribution in [0.2, 0.25) is 5.02 Å². The highest BCUT2D eigenvalue weighted by molar-refractivity contribution is 6.34. The molecular weight excluding hydrogens is 402 g/mol. The number of anilines is 1. The minimum absolute atomic E-state index is 0.0509. The van der Waals surface area contributed by atoms with Crippen molar-refractivity contribution in [1.29, 1.82) is 0 Å². The van der Waals surface area contributed by atoms with Crippen LogP contribution in [0.3, 0.4) is 0 Å². The van der Waals surface area contributed by atoms with E-state index in [2.05, 4.69) is 17.2 Å². The van der Waals surface area contributed by atoms with Crippen molar-refractivity contribution in [3.63, 3.8) is 0 Å². The molecule has 30 heavy (non-hydrogen) atoms. The number of halogens is 1. The third kappa shape index (κ3) is 5.27. The second kappa shape index (κ2) is 10.1. The van der Waals surface area contributed by atoms with Gasteiger partial charge in [-0.2, -0.15) is 0 Å². The fourth-order valence-corrected chi connectivity index (χ4v) is 3.64. The van der Waals surface area contributed by atoms with Crippen LogP contribution in [0.5, 0.6) is 0 Å². The number of amides is 3. The molecule has 1 fully saturated rings. The quantitative estimate of drug-likeness (QED) is 0.692. The molecule has 0 bridgehead atoms. The summed E-state index contributed by atoms with van der Waals surface area (Å²) in [5.41, 5.74) is 1.46. The Hall–Kier alpha value is -3.12. The molecule has 2 aromatic rings. The van der Waals surface area contributed by atoms with E-state index in [1.807, 2.05) is 0 Å². The highest BCUT2D eigenvalue weighted by Crippen LogP contribution is 2.21. The minimum Gasteiger partial charge on any atom is -0.352 e. The molecule has 2 N–H and O–H groups in total. The average Bonchev–Trinajstić information content (AvgIpc) is 2.77. The van der Waals surface area contributed by atoms with Gasteiger partial charge < -0.3 is 15.5 Å². The molecule has 156 valence electrons. The Labute approximate surface area is 180 Å². The van der Waals surface area contributed by atoms with Gasteiger partial charge in [-0.3, -0.25) is 14.4 Å². The van der Waals surface area contributed by atoms with Crippen LogP contribution in [0.1, 0.15) is 33.6 Å². The van der Waals surface area contributed by atoms with Crippen molar-refractivity contribution >= 4 is 35.0 Å². The molecular formula is C23H24ClN3O3. The van der Waals surface area contributed by atoms with Crippen molar-refractivity contribution < 1.29 is 14.4 Å². The standard InChI is InChI=1S/C23H24ClN3O3/c1-2-13-25-21(28)17-6-5-14-27(15-17)23(30)16-9-11-18(12-10-16)26-22(29)19-7-3-4-8-20(19)24/h2-4,7-12,17H,1,5-6,13-15H2,(H,25,28)(H,26,29). The predicted octanol–water partition coefficient (Wildman–Crippen LogP) is 3.75. The van der Waals surface area contributed by atoms with Crippen molar-refractivity contribution in [2.24, 2.45) is 5.92 Å². The fourth-order valence-electron chi connectivity index (χ4n) is 3.42. The highest BCUT2D eigenvalue weighted by atomic mass is 35.5. The first kappa shape index (κ1) is 21.6. The normalized spacial score (nSPS) is 15.9. The maximum atomic E-state index is 12.9. The van der Waals surface area contributed by atoms with E-state index in [0.29, 0.717) is 41.5 Å². The average molecular weight is 426 g/mol. The summed E-state index contributed by atoms with van der Waals surface area (Å²) in [6.45, 7) is 5.03. The molecule has 7 heteroatoms. The number of nitrogens with one attached hydrogen (secondary N) is 2. The van der Waals surface area contributed by atoms with Crippen LogP contribution in [0.25, 0.3) is 0 Å². The Morgan fingerprint density at radius 1 is 1.13 bits per heavy atom. The maximum Gasteiger partial charge on any atom is 0.257 e. The first-order valence-electron chi connectivity index (χ1n) is 9.83. The molecule has 0 aromatic heterocycles. The van der Waals surface area contributed by atoms with Crippen molar-refractivity contribution in [3.8, 4) is 0 Å². The summed E-state index contributed by atoms with van der Waals surface area (Å²) in [7, 11) is 0. The SMILES string of the molecule is C=CCNC(=O)C1CCCN(C(=O)c2ccc(NC(=O)c3ccccc3Cl)cc2)C1. The number of likely N-dealkylation sites (tertiary alicyclic amines) is 1. The Morgan fingerprint density at radius 3 is 2.57 bits per heavy atom. The van der Waals surface area contributed by atoms with Crippen LogP contribution in [0.15, 0.2) is 61.2 Å². The van der Waals surface area contributed by atoms with E-state index in [0.717, 1.165) is 12.8 Å². The van der Waals surface area contributed by atoms with Crippen LogP contribution in [0, 0.1) is 5.92 Å². The van der Waals surface area contributed by atoms with E-state index >= 15 is 0 Å². The highest BCUT2D eigenvalue weighted by Gasteiger charge is 2.28. The second-order valence-corrected chi connectivity index (χ2v) is 7.54.